The van der Waals surface area contributed by atoms with Gasteiger partial charge in [0.25, 0.3) is 0 Å². The number of hydrogen-bond acceptors (Lipinski definition) is 4. The zero-order valence-electron chi connectivity index (χ0n) is 13.8. The summed E-state index contributed by atoms with van der Waals surface area (Å²) >= 11 is 0. The molecule has 1 aliphatic carbocycles. The van der Waals surface area contributed by atoms with Crippen LogP contribution in [0.1, 0.15) is 19.4 Å². The molecule has 2 aromatic rings. The van der Waals surface area contributed by atoms with E-state index in [1.54, 1.807) is 0 Å². The summed E-state index contributed by atoms with van der Waals surface area (Å²) in [6.07, 6.45) is 0.847. The van der Waals surface area contributed by atoms with Gasteiger partial charge in [0, 0.05) is 5.92 Å². The second-order valence-corrected chi connectivity index (χ2v) is 6.63. The molecule has 0 bridgehead atoms. The van der Waals surface area contributed by atoms with Crippen LogP contribution in [0, 0.1) is 17.3 Å². The molecule has 0 radical (unpaired) electrons. The first-order chi connectivity index (χ1) is 11.5. The smallest absolute Gasteiger partial charge is 0.310 e. The number of rotatable bonds is 6. The van der Waals surface area contributed by atoms with Crippen LogP contribution >= 0.6 is 0 Å². The lowest BCUT2D eigenvalue weighted by atomic mass is 10.1. The van der Waals surface area contributed by atoms with Crippen molar-refractivity contribution in [3.63, 3.8) is 0 Å². The van der Waals surface area contributed by atoms with Crippen molar-refractivity contribution in [3.8, 4) is 11.5 Å². The van der Waals surface area contributed by atoms with Gasteiger partial charge in [-0.3, -0.25) is 4.79 Å². The Labute approximate surface area is 141 Å². The fourth-order valence-electron chi connectivity index (χ4n) is 2.95. The van der Waals surface area contributed by atoms with E-state index in [9.17, 15) is 9.59 Å². The van der Waals surface area contributed by atoms with E-state index in [-0.39, 0.29) is 29.8 Å². The molecule has 4 nitrogen and oxygen atoms in total. The molecular formula is C20H20O4. The lowest BCUT2D eigenvalue weighted by Gasteiger charge is -2.09. The normalized spacial score (nSPS) is 20.9. The maximum Gasteiger partial charge on any atom is 0.310 e. The number of benzene rings is 2. The lowest BCUT2D eigenvalue weighted by molar-refractivity contribution is -0.148. The summed E-state index contributed by atoms with van der Waals surface area (Å²) < 4.78 is 11.1. The molecule has 1 fully saturated rings. The first-order valence-corrected chi connectivity index (χ1v) is 7.96. The van der Waals surface area contributed by atoms with Crippen LogP contribution < -0.4 is 4.74 Å². The minimum atomic E-state index is -0.334. The highest BCUT2D eigenvalue weighted by Gasteiger charge is 2.62. The minimum Gasteiger partial charge on any atom is -0.461 e. The molecule has 0 saturated heterocycles. The highest BCUT2D eigenvalue weighted by Crippen LogP contribution is 2.57. The van der Waals surface area contributed by atoms with Gasteiger partial charge in [-0.15, -0.1) is 0 Å². The molecule has 2 atom stereocenters. The molecule has 0 aromatic heterocycles. The van der Waals surface area contributed by atoms with Crippen molar-refractivity contribution in [1.82, 2.24) is 0 Å². The Kier molecular flexibility index (Phi) is 4.38. The zero-order valence-corrected chi connectivity index (χ0v) is 13.8. The van der Waals surface area contributed by atoms with E-state index in [0.29, 0.717) is 5.75 Å². The number of hydrogen-bond donors (Lipinski definition) is 0. The van der Waals surface area contributed by atoms with Gasteiger partial charge in [-0.1, -0.05) is 44.2 Å². The average molecular weight is 324 g/mol. The molecule has 0 N–H and O–H groups in total. The van der Waals surface area contributed by atoms with Crippen LogP contribution in [-0.2, 0) is 20.9 Å². The second-order valence-electron chi connectivity index (χ2n) is 6.63. The first kappa shape index (κ1) is 16.2. The third-order valence-electron chi connectivity index (χ3n) is 4.57. The molecule has 4 heteroatoms. The van der Waals surface area contributed by atoms with E-state index in [2.05, 4.69) is 0 Å². The molecule has 0 aliphatic heterocycles. The van der Waals surface area contributed by atoms with Crippen molar-refractivity contribution >= 4 is 12.3 Å². The molecule has 0 spiro atoms. The van der Waals surface area contributed by atoms with Gasteiger partial charge in [0.15, 0.2) is 0 Å². The summed E-state index contributed by atoms with van der Waals surface area (Å²) in [5, 5.41) is 0. The summed E-state index contributed by atoms with van der Waals surface area (Å²) in [5.74, 6) is 0.551. The van der Waals surface area contributed by atoms with Crippen LogP contribution in [-0.4, -0.2) is 12.3 Å². The minimum absolute atomic E-state index is 0.170. The highest BCUT2D eigenvalue weighted by atomic mass is 16.5. The summed E-state index contributed by atoms with van der Waals surface area (Å²) in [7, 11) is 0. The topological polar surface area (TPSA) is 52.6 Å². The Balaban J connectivity index is 1.59. The quantitative estimate of drug-likeness (QED) is 0.595. The zero-order chi connectivity index (χ0) is 17.2. The molecule has 1 aliphatic rings. The Hall–Kier alpha value is -2.62. The second kappa shape index (κ2) is 6.48. The van der Waals surface area contributed by atoms with E-state index in [4.69, 9.17) is 9.47 Å². The van der Waals surface area contributed by atoms with Crippen molar-refractivity contribution in [2.45, 2.75) is 20.5 Å². The maximum atomic E-state index is 12.1. The summed E-state index contributed by atoms with van der Waals surface area (Å²) in [5.41, 5.74) is 0.551. The highest BCUT2D eigenvalue weighted by molar-refractivity contribution is 5.84. The van der Waals surface area contributed by atoms with Crippen molar-refractivity contribution in [2.24, 2.45) is 17.3 Å². The number of esters is 1. The number of carbonyl (C=O) groups is 2. The molecule has 124 valence electrons. The maximum absolute atomic E-state index is 12.1. The number of para-hydroxylation sites is 1. The van der Waals surface area contributed by atoms with E-state index in [0.717, 1.165) is 17.6 Å². The molecule has 24 heavy (non-hydrogen) atoms. The molecule has 2 aromatic carbocycles. The Morgan fingerprint density at radius 1 is 1.08 bits per heavy atom. The predicted molar refractivity (Wildman–Crippen MR) is 89.6 cm³/mol. The molecule has 2 unspecified atom stereocenters. The summed E-state index contributed by atoms with van der Waals surface area (Å²) in [6, 6.07) is 16.9. The summed E-state index contributed by atoms with van der Waals surface area (Å²) in [6.45, 7) is 3.99. The molecular weight excluding hydrogens is 304 g/mol. The van der Waals surface area contributed by atoms with Gasteiger partial charge < -0.3 is 14.3 Å². The number of aldehydes is 1. The number of carbonyl (C=O) groups excluding carboxylic acids is 2. The van der Waals surface area contributed by atoms with Crippen molar-refractivity contribution in [3.05, 3.63) is 60.2 Å². The Morgan fingerprint density at radius 2 is 1.79 bits per heavy atom. The van der Waals surface area contributed by atoms with E-state index in [1.165, 1.54) is 0 Å². The Morgan fingerprint density at radius 3 is 2.46 bits per heavy atom. The van der Waals surface area contributed by atoms with Crippen molar-refractivity contribution in [2.75, 3.05) is 0 Å². The van der Waals surface area contributed by atoms with Gasteiger partial charge in [-0.2, -0.15) is 0 Å². The SMILES string of the molecule is CC1(C)C(C=O)C1C(=O)OCc1cccc(Oc2ccccc2)c1. The van der Waals surface area contributed by atoms with Crippen LogP contribution in [0.25, 0.3) is 0 Å². The van der Waals surface area contributed by atoms with Gasteiger partial charge in [-0.05, 0) is 35.2 Å². The van der Waals surface area contributed by atoms with Gasteiger partial charge in [0.2, 0.25) is 0 Å². The van der Waals surface area contributed by atoms with Gasteiger partial charge in [-0.25, -0.2) is 0 Å². The van der Waals surface area contributed by atoms with Crippen molar-refractivity contribution < 1.29 is 19.1 Å². The fourth-order valence-corrected chi connectivity index (χ4v) is 2.95. The van der Waals surface area contributed by atoms with Crippen LogP contribution in [0.3, 0.4) is 0 Å². The van der Waals surface area contributed by atoms with Crippen LogP contribution in [0.4, 0.5) is 0 Å². The monoisotopic (exact) mass is 324 g/mol. The van der Waals surface area contributed by atoms with Gasteiger partial charge in [0.1, 0.15) is 24.4 Å². The largest absolute Gasteiger partial charge is 0.461 e. The van der Waals surface area contributed by atoms with Crippen LogP contribution in [0.5, 0.6) is 11.5 Å². The first-order valence-electron chi connectivity index (χ1n) is 7.96. The van der Waals surface area contributed by atoms with E-state index >= 15 is 0 Å². The standard InChI is InChI=1S/C20H20O4/c1-20(2)17(12-21)18(20)19(22)23-13-14-7-6-10-16(11-14)24-15-8-4-3-5-9-15/h3-12,17-18H,13H2,1-2H3. The van der Waals surface area contributed by atoms with E-state index < -0.39 is 0 Å². The Bertz CT molecular complexity index is 736. The molecule has 0 amide bonds. The average Bonchev–Trinajstić information content (AvgIpc) is 3.15. The van der Waals surface area contributed by atoms with Crippen LogP contribution in [0.15, 0.2) is 54.6 Å². The van der Waals surface area contributed by atoms with E-state index in [1.807, 2.05) is 68.4 Å². The van der Waals surface area contributed by atoms with Crippen LogP contribution in [0.2, 0.25) is 0 Å². The lowest BCUT2D eigenvalue weighted by Crippen LogP contribution is -2.10. The van der Waals surface area contributed by atoms with Gasteiger partial charge >= 0.3 is 5.97 Å². The number of ether oxygens (including phenoxy) is 2. The van der Waals surface area contributed by atoms with Gasteiger partial charge in [0.05, 0.1) is 5.92 Å². The third-order valence-corrected chi connectivity index (χ3v) is 4.57. The molecule has 1 saturated carbocycles. The fraction of sp³-hybridized carbons (Fsp3) is 0.300. The summed E-state index contributed by atoms with van der Waals surface area (Å²) in [4.78, 5) is 23.1. The predicted octanol–water partition coefficient (Wildman–Crippen LogP) is 3.99. The molecule has 3 rings (SSSR count). The van der Waals surface area contributed by atoms with Crippen molar-refractivity contribution in [1.29, 1.82) is 0 Å². The molecule has 0 heterocycles. The third kappa shape index (κ3) is 3.32.